The number of rotatable bonds is 5. The third kappa shape index (κ3) is 2.06. The molecule has 2 unspecified atom stereocenters. The molecule has 1 aromatic heterocycles. The number of hydroxylamine groups is 2. The molecule has 0 N–H and O–H groups in total. The van der Waals surface area contributed by atoms with Gasteiger partial charge in [0.2, 0.25) is 0 Å². The molecule has 0 aliphatic carbocycles. The lowest BCUT2D eigenvalue weighted by Gasteiger charge is -2.28. The maximum atomic E-state index is 12.6. The van der Waals surface area contributed by atoms with Gasteiger partial charge in [0.25, 0.3) is 0 Å². The van der Waals surface area contributed by atoms with Crippen molar-refractivity contribution in [3.8, 4) is 0 Å². The molecule has 2 aliphatic heterocycles. The van der Waals surface area contributed by atoms with Gasteiger partial charge in [-0.1, -0.05) is 13.3 Å². The van der Waals surface area contributed by atoms with E-state index in [1.807, 2.05) is 0 Å². The highest BCUT2D eigenvalue weighted by Crippen LogP contribution is 2.43. The number of ether oxygens (including phenoxy) is 1. The summed E-state index contributed by atoms with van der Waals surface area (Å²) in [4.78, 5) is 31.9. The lowest BCUT2D eigenvalue weighted by atomic mass is 9.98. The second-order valence-electron chi connectivity index (χ2n) is 5.50. The highest BCUT2D eigenvalue weighted by atomic mass is 16.7. The number of urea groups is 1. The van der Waals surface area contributed by atoms with Gasteiger partial charge in [0.05, 0.1) is 32.2 Å². The second kappa shape index (κ2) is 5.60. The van der Waals surface area contributed by atoms with Crippen LogP contribution in [0.1, 0.15) is 43.1 Å². The highest BCUT2D eigenvalue weighted by Gasteiger charge is 2.53. The fourth-order valence-corrected chi connectivity index (χ4v) is 3.05. The van der Waals surface area contributed by atoms with Crippen LogP contribution in [-0.2, 0) is 21.4 Å². The van der Waals surface area contributed by atoms with Crippen LogP contribution in [0.15, 0.2) is 6.20 Å². The largest absolute Gasteiger partial charge is 0.467 e. The fraction of sp³-hybridized carbons (Fsp3) is 0.643. The Morgan fingerprint density at radius 1 is 1.50 bits per heavy atom. The number of carbonyl (C=O) groups is 2. The van der Waals surface area contributed by atoms with Crippen LogP contribution in [-0.4, -0.2) is 52.0 Å². The van der Waals surface area contributed by atoms with Gasteiger partial charge in [0, 0.05) is 12.6 Å². The van der Waals surface area contributed by atoms with Crippen LogP contribution in [0.4, 0.5) is 4.79 Å². The molecule has 1 aromatic rings. The molecule has 1 fully saturated rings. The van der Waals surface area contributed by atoms with Crippen molar-refractivity contribution in [2.75, 3.05) is 20.3 Å². The van der Waals surface area contributed by atoms with Crippen LogP contribution >= 0.6 is 0 Å². The predicted molar refractivity (Wildman–Crippen MR) is 75.5 cm³/mol. The van der Waals surface area contributed by atoms with E-state index >= 15 is 0 Å². The normalized spacial score (nSPS) is 23.0. The van der Waals surface area contributed by atoms with Gasteiger partial charge in [-0.15, -0.1) is 0 Å². The Labute approximate surface area is 128 Å². The number of unbranched alkanes of at least 4 members (excludes halogenated alkanes) is 1. The van der Waals surface area contributed by atoms with Gasteiger partial charge in [-0.25, -0.2) is 9.59 Å². The molecule has 1 saturated heterocycles. The molecule has 120 valence electrons. The maximum Gasteiger partial charge on any atom is 0.345 e. The van der Waals surface area contributed by atoms with E-state index in [2.05, 4.69) is 12.0 Å². The number of carbonyl (C=O) groups excluding carboxylic acids is 2. The Morgan fingerprint density at radius 2 is 2.27 bits per heavy atom. The van der Waals surface area contributed by atoms with Gasteiger partial charge in [-0.2, -0.15) is 10.2 Å². The smallest absolute Gasteiger partial charge is 0.345 e. The van der Waals surface area contributed by atoms with Gasteiger partial charge in [-0.05, 0) is 6.42 Å². The number of aromatic nitrogens is 2. The number of methoxy groups -OCH3 is 1. The molecule has 8 heteroatoms. The van der Waals surface area contributed by atoms with E-state index in [4.69, 9.17) is 9.57 Å². The Hall–Kier alpha value is -2.09. The number of amides is 2. The van der Waals surface area contributed by atoms with E-state index in [9.17, 15) is 9.59 Å². The molecule has 8 nitrogen and oxygen atoms in total. The summed E-state index contributed by atoms with van der Waals surface area (Å²) in [6, 6.07) is -1.29. The molecule has 2 aliphatic rings. The van der Waals surface area contributed by atoms with E-state index in [0.29, 0.717) is 18.8 Å². The Kier molecular flexibility index (Phi) is 3.78. The van der Waals surface area contributed by atoms with E-state index in [1.165, 1.54) is 17.1 Å². The SMILES string of the molecule is CCCCON1C(=O)N2CC1c1cnn(C)c1C2C(=O)OC. The molecule has 3 heterocycles. The zero-order valence-corrected chi connectivity index (χ0v) is 13.0. The number of esters is 1. The van der Waals surface area contributed by atoms with E-state index in [0.717, 1.165) is 18.4 Å². The van der Waals surface area contributed by atoms with Crippen molar-refractivity contribution in [2.45, 2.75) is 31.8 Å². The standard InChI is InChI=1S/C14H20N4O4/c1-4-5-6-22-18-10-8-17(14(18)20)12(13(19)21-3)11-9(10)7-15-16(11)2/h7,10,12H,4-6,8H2,1-3H3. The minimum Gasteiger partial charge on any atom is -0.467 e. The summed E-state index contributed by atoms with van der Waals surface area (Å²) in [7, 11) is 3.08. The molecule has 0 spiro atoms. The summed E-state index contributed by atoms with van der Waals surface area (Å²) < 4.78 is 6.49. The molecule has 0 saturated carbocycles. The minimum atomic E-state index is -0.768. The fourth-order valence-electron chi connectivity index (χ4n) is 3.05. The molecular formula is C14H20N4O4. The van der Waals surface area contributed by atoms with Crippen molar-refractivity contribution in [1.82, 2.24) is 19.7 Å². The first-order valence-electron chi connectivity index (χ1n) is 7.42. The Morgan fingerprint density at radius 3 is 2.95 bits per heavy atom. The van der Waals surface area contributed by atoms with Gasteiger partial charge >= 0.3 is 12.0 Å². The first-order valence-corrected chi connectivity index (χ1v) is 7.42. The number of hydrogen-bond donors (Lipinski definition) is 0. The number of fused-ring (bicyclic) bond motifs is 4. The third-order valence-electron chi connectivity index (χ3n) is 4.18. The zero-order valence-electron chi connectivity index (χ0n) is 13.0. The number of hydrogen-bond acceptors (Lipinski definition) is 5. The minimum absolute atomic E-state index is 0.228. The zero-order chi connectivity index (χ0) is 15.9. The van der Waals surface area contributed by atoms with Crippen LogP contribution in [0.5, 0.6) is 0 Å². The molecule has 2 amide bonds. The second-order valence-corrected chi connectivity index (χ2v) is 5.50. The molecule has 2 bridgehead atoms. The lowest BCUT2D eigenvalue weighted by Crippen LogP contribution is -2.40. The van der Waals surface area contributed by atoms with E-state index < -0.39 is 12.0 Å². The Bertz CT molecular complexity index is 600. The molecule has 0 radical (unpaired) electrons. The van der Waals surface area contributed by atoms with Crippen LogP contribution in [0.25, 0.3) is 0 Å². The van der Waals surface area contributed by atoms with Gasteiger partial charge in [0.1, 0.15) is 6.04 Å². The lowest BCUT2D eigenvalue weighted by molar-refractivity contribution is -0.146. The molecular weight excluding hydrogens is 288 g/mol. The summed E-state index contributed by atoms with van der Waals surface area (Å²) in [5.41, 5.74) is 1.54. The predicted octanol–water partition coefficient (Wildman–Crippen LogP) is 1.16. The van der Waals surface area contributed by atoms with Crippen molar-refractivity contribution in [2.24, 2.45) is 7.05 Å². The van der Waals surface area contributed by atoms with Crippen molar-refractivity contribution < 1.29 is 19.2 Å². The molecule has 3 rings (SSSR count). The first kappa shape index (κ1) is 14.8. The summed E-state index contributed by atoms with van der Waals surface area (Å²) in [6.07, 6.45) is 3.55. The van der Waals surface area contributed by atoms with Crippen LogP contribution in [0.3, 0.4) is 0 Å². The first-order chi connectivity index (χ1) is 10.6. The van der Waals surface area contributed by atoms with Crippen molar-refractivity contribution in [3.05, 3.63) is 17.5 Å². The summed E-state index contributed by atoms with van der Waals surface area (Å²) in [5.74, 6) is -0.466. The summed E-state index contributed by atoms with van der Waals surface area (Å²) >= 11 is 0. The quantitative estimate of drug-likeness (QED) is 0.602. The topological polar surface area (TPSA) is 76.9 Å². The highest BCUT2D eigenvalue weighted by molar-refractivity contribution is 5.87. The van der Waals surface area contributed by atoms with Gasteiger partial charge in [0.15, 0.2) is 6.04 Å². The average molecular weight is 308 g/mol. The summed E-state index contributed by atoms with van der Waals surface area (Å²) in [6.45, 7) is 2.94. The number of nitrogens with zero attached hydrogens (tertiary/aromatic N) is 4. The molecule has 22 heavy (non-hydrogen) atoms. The van der Waals surface area contributed by atoms with Crippen LogP contribution in [0, 0.1) is 0 Å². The number of aryl methyl sites for hydroxylation is 1. The van der Waals surface area contributed by atoms with Gasteiger partial charge in [-0.3, -0.25) is 9.52 Å². The molecule has 2 atom stereocenters. The third-order valence-corrected chi connectivity index (χ3v) is 4.18. The Balaban J connectivity index is 1.96. The molecule has 0 aromatic carbocycles. The van der Waals surface area contributed by atoms with Crippen LogP contribution < -0.4 is 0 Å². The average Bonchev–Trinajstić information content (AvgIpc) is 3.02. The van der Waals surface area contributed by atoms with Crippen molar-refractivity contribution >= 4 is 12.0 Å². The van der Waals surface area contributed by atoms with E-state index in [-0.39, 0.29) is 12.1 Å². The maximum absolute atomic E-state index is 12.6. The summed E-state index contributed by atoms with van der Waals surface area (Å²) in [5, 5.41) is 5.60. The monoisotopic (exact) mass is 308 g/mol. The van der Waals surface area contributed by atoms with Crippen LogP contribution in [0.2, 0.25) is 0 Å². The van der Waals surface area contributed by atoms with Crippen molar-refractivity contribution in [3.63, 3.8) is 0 Å². The van der Waals surface area contributed by atoms with E-state index in [1.54, 1.807) is 17.9 Å². The van der Waals surface area contributed by atoms with Gasteiger partial charge < -0.3 is 9.64 Å². The van der Waals surface area contributed by atoms with Crippen molar-refractivity contribution in [1.29, 1.82) is 0 Å².